The molecule has 0 bridgehead atoms. The van der Waals surface area contributed by atoms with Crippen LogP contribution in [-0.2, 0) is 0 Å². The van der Waals surface area contributed by atoms with Gasteiger partial charge in [-0.05, 0) is 67.3 Å². The molecule has 37 heavy (non-hydrogen) atoms. The van der Waals surface area contributed by atoms with Gasteiger partial charge in [0.25, 0.3) is 0 Å². The number of hydrogen-bond acceptors (Lipinski definition) is 4. The van der Waals surface area contributed by atoms with Gasteiger partial charge >= 0.3 is 0 Å². The fourth-order valence-electron chi connectivity index (χ4n) is 5.14. The minimum atomic E-state index is 0.996. The highest BCUT2D eigenvalue weighted by Crippen LogP contribution is 2.53. The summed E-state index contributed by atoms with van der Waals surface area (Å²) in [6.45, 7) is 4.32. The van der Waals surface area contributed by atoms with Crippen LogP contribution in [-0.4, -0.2) is 4.98 Å². The predicted molar refractivity (Wildman–Crippen MR) is 159 cm³/mol. The SMILES string of the molecule is Cc1ccc(-c2cc(-c3cccs3)c3c(C)ccc(N4c5ccccc5Sc5ccccc54)c3n2)cc1. The number of benzene rings is 4. The molecule has 0 aliphatic carbocycles. The third kappa shape index (κ3) is 3.76. The van der Waals surface area contributed by atoms with Gasteiger partial charge in [0, 0.05) is 31.2 Å². The smallest absolute Gasteiger partial charge is 0.0959 e. The second-order valence-electron chi connectivity index (χ2n) is 9.40. The van der Waals surface area contributed by atoms with E-state index in [0.717, 1.165) is 22.5 Å². The van der Waals surface area contributed by atoms with E-state index in [2.05, 4.69) is 127 Å². The van der Waals surface area contributed by atoms with Crippen molar-refractivity contribution in [3.05, 3.63) is 120 Å². The monoisotopic (exact) mass is 512 g/mol. The van der Waals surface area contributed by atoms with E-state index in [1.807, 2.05) is 11.8 Å². The van der Waals surface area contributed by atoms with E-state index in [0.29, 0.717) is 0 Å². The lowest BCUT2D eigenvalue weighted by Crippen LogP contribution is -2.15. The van der Waals surface area contributed by atoms with Gasteiger partial charge in [0.15, 0.2) is 0 Å². The highest BCUT2D eigenvalue weighted by atomic mass is 32.2. The van der Waals surface area contributed by atoms with Crippen LogP contribution >= 0.6 is 23.1 Å². The second-order valence-corrected chi connectivity index (χ2v) is 11.4. The van der Waals surface area contributed by atoms with Crippen LogP contribution in [0.25, 0.3) is 32.6 Å². The molecule has 1 aliphatic rings. The van der Waals surface area contributed by atoms with Crippen LogP contribution < -0.4 is 4.90 Å². The van der Waals surface area contributed by atoms with E-state index in [4.69, 9.17) is 4.98 Å². The van der Waals surface area contributed by atoms with E-state index < -0.39 is 0 Å². The number of thiophene rings is 1. The molecule has 6 aromatic rings. The predicted octanol–water partition coefficient (Wildman–Crippen LogP) is 10.2. The molecule has 7 rings (SSSR count). The zero-order chi connectivity index (χ0) is 24.9. The summed E-state index contributed by atoms with van der Waals surface area (Å²) in [6.07, 6.45) is 0. The number of aromatic nitrogens is 1. The molecule has 1 aliphatic heterocycles. The first kappa shape index (κ1) is 22.3. The molecule has 0 saturated carbocycles. The first-order valence-electron chi connectivity index (χ1n) is 12.4. The van der Waals surface area contributed by atoms with Crippen LogP contribution in [0, 0.1) is 13.8 Å². The number of pyridine rings is 1. The largest absolute Gasteiger partial charge is 0.306 e. The fourth-order valence-corrected chi connectivity index (χ4v) is 6.95. The maximum Gasteiger partial charge on any atom is 0.0959 e. The Morgan fingerprint density at radius 1 is 0.676 bits per heavy atom. The summed E-state index contributed by atoms with van der Waals surface area (Å²) < 4.78 is 0. The summed E-state index contributed by atoms with van der Waals surface area (Å²) in [4.78, 5) is 11.5. The minimum Gasteiger partial charge on any atom is -0.306 e. The lowest BCUT2D eigenvalue weighted by Gasteiger charge is -2.33. The minimum absolute atomic E-state index is 0.996. The van der Waals surface area contributed by atoms with Crippen molar-refractivity contribution >= 4 is 51.1 Å². The number of fused-ring (bicyclic) bond motifs is 3. The van der Waals surface area contributed by atoms with Crippen LogP contribution in [0.5, 0.6) is 0 Å². The molecule has 4 heteroatoms. The second kappa shape index (κ2) is 8.91. The van der Waals surface area contributed by atoms with Crippen LogP contribution in [0.3, 0.4) is 0 Å². The summed E-state index contributed by atoms with van der Waals surface area (Å²) in [5.74, 6) is 0. The van der Waals surface area contributed by atoms with Gasteiger partial charge in [-0.25, -0.2) is 4.98 Å². The van der Waals surface area contributed by atoms with Gasteiger partial charge in [-0.1, -0.05) is 78.0 Å². The number of aryl methyl sites for hydroxylation is 2. The van der Waals surface area contributed by atoms with Crippen molar-refractivity contribution in [2.24, 2.45) is 0 Å². The highest BCUT2D eigenvalue weighted by Gasteiger charge is 2.27. The molecule has 0 saturated heterocycles. The van der Waals surface area contributed by atoms with Crippen molar-refractivity contribution in [2.75, 3.05) is 4.90 Å². The molecule has 0 radical (unpaired) electrons. The first-order chi connectivity index (χ1) is 18.2. The molecule has 4 aromatic carbocycles. The van der Waals surface area contributed by atoms with Crippen molar-refractivity contribution in [1.82, 2.24) is 4.98 Å². The van der Waals surface area contributed by atoms with Crippen LogP contribution in [0.2, 0.25) is 0 Å². The van der Waals surface area contributed by atoms with Crippen LogP contribution in [0.15, 0.2) is 118 Å². The Morgan fingerprint density at radius 3 is 2.05 bits per heavy atom. The van der Waals surface area contributed by atoms with Crippen molar-refractivity contribution in [1.29, 1.82) is 0 Å². The number of hydrogen-bond donors (Lipinski definition) is 0. The summed E-state index contributed by atoms with van der Waals surface area (Å²) in [6, 6.07) is 37.1. The van der Waals surface area contributed by atoms with Gasteiger partial charge in [-0.3, -0.25) is 0 Å². The summed E-state index contributed by atoms with van der Waals surface area (Å²) in [5.41, 5.74) is 10.4. The van der Waals surface area contributed by atoms with Gasteiger partial charge < -0.3 is 4.90 Å². The van der Waals surface area contributed by atoms with E-state index >= 15 is 0 Å². The molecule has 0 amide bonds. The average molecular weight is 513 g/mol. The molecule has 0 spiro atoms. The van der Waals surface area contributed by atoms with Crippen molar-refractivity contribution in [2.45, 2.75) is 23.6 Å². The maximum atomic E-state index is 5.38. The van der Waals surface area contributed by atoms with Crippen LogP contribution in [0.4, 0.5) is 17.1 Å². The Bertz CT molecular complexity index is 1720. The molecule has 2 aromatic heterocycles. The first-order valence-corrected chi connectivity index (χ1v) is 14.1. The standard InChI is InChI=1S/C33H24N2S2/c1-21-13-16-23(17-14-21)25-20-24(29-12-7-19-36-29)32-22(2)15-18-28(33(32)34-25)35-26-8-3-5-10-30(26)37-31-11-6-4-9-27(31)35/h3-20H,1-2H3. The summed E-state index contributed by atoms with van der Waals surface area (Å²) in [7, 11) is 0. The molecule has 2 nitrogen and oxygen atoms in total. The normalized spacial score (nSPS) is 12.4. The molecular formula is C33H24N2S2. The topological polar surface area (TPSA) is 16.1 Å². The number of nitrogens with zero attached hydrogens (tertiary/aromatic N) is 2. The van der Waals surface area contributed by atoms with E-state index in [1.54, 1.807) is 11.3 Å². The molecule has 178 valence electrons. The fraction of sp³-hybridized carbons (Fsp3) is 0.0606. The molecule has 3 heterocycles. The molecule has 0 atom stereocenters. The van der Waals surface area contributed by atoms with Crippen molar-refractivity contribution in [3.8, 4) is 21.7 Å². The van der Waals surface area contributed by atoms with Crippen molar-refractivity contribution < 1.29 is 0 Å². The average Bonchev–Trinajstić information content (AvgIpc) is 3.47. The Labute approximate surface area is 225 Å². The third-order valence-electron chi connectivity index (χ3n) is 6.95. The Kier molecular flexibility index (Phi) is 5.38. The molecular weight excluding hydrogens is 489 g/mol. The van der Waals surface area contributed by atoms with E-state index in [9.17, 15) is 0 Å². The number of anilines is 3. The molecule has 0 unspecified atom stereocenters. The Hall–Kier alpha value is -3.86. The summed E-state index contributed by atoms with van der Waals surface area (Å²) >= 11 is 3.61. The van der Waals surface area contributed by atoms with Gasteiger partial charge in [-0.15, -0.1) is 11.3 Å². The lowest BCUT2D eigenvalue weighted by atomic mass is 9.97. The van der Waals surface area contributed by atoms with Crippen LogP contribution in [0.1, 0.15) is 11.1 Å². The third-order valence-corrected chi connectivity index (χ3v) is 8.99. The summed E-state index contributed by atoms with van der Waals surface area (Å²) in [5, 5.41) is 3.37. The highest BCUT2D eigenvalue weighted by molar-refractivity contribution is 7.99. The number of rotatable bonds is 3. The van der Waals surface area contributed by atoms with Gasteiger partial charge in [0.2, 0.25) is 0 Å². The van der Waals surface area contributed by atoms with Gasteiger partial charge in [0.05, 0.1) is 28.3 Å². The Balaban J connectivity index is 1.57. The molecule has 0 fully saturated rings. The van der Waals surface area contributed by atoms with Crippen molar-refractivity contribution in [3.63, 3.8) is 0 Å². The molecule has 0 N–H and O–H groups in total. The zero-order valence-electron chi connectivity index (χ0n) is 20.6. The van der Waals surface area contributed by atoms with E-state index in [1.165, 1.54) is 48.1 Å². The van der Waals surface area contributed by atoms with E-state index in [-0.39, 0.29) is 0 Å². The zero-order valence-corrected chi connectivity index (χ0v) is 22.2. The Morgan fingerprint density at radius 2 is 1.38 bits per heavy atom. The lowest BCUT2D eigenvalue weighted by molar-refractivity contribution is 1.17. The maximum absolute atomic E-state index is 5.38. The quantitative estimate of drug-likeness (QED) is 0.234. The number of para-hydroxylation sites is 2. The van der Waals surface area contributed by atoms with Gasteiger partial charge in [0.1, 0.15) is 0 Å². The van der Waals surface area contributed by atoms with Gasteiger partial charge in [-0.2, -0.15) is 0 Å².